The van der Waals surface area contributed by atoms with Gasteiger partial charge in [0.15, 0.2) is 11.6 Å². The zero-order chi connectivity index (χ0) is 25.7. The molecule has 1 aliphatic heterocycles. The fraction of sp³-hybridized carbons (Fsp3) is 0.407. The highest BCUT2D eigenvalue weighted by molar-refractivity contribution is 9.10. The number of hydrogen-bond acceptors (Lipinski definition) is 6. The predicted molar refractivity (Wildman–Crippen MR) is 141 cm³/mol. The van der Waals surface area contributed by atoms with E-state index in [1.54, 1.807) is 40.2 Å². The second-order valence-corrected chi connectivity index (χ2v) is 10.9. The average Bonchev–Trinajstić information content (AvgIpc) is 2.85. The first-order chi connectivity index (χ1) is 17.2. The van der Waals surface area contributed by atoms with Crippen LogP contribution in [0.4, 0.5) is 4.79 Å². The molecule has 2 aromatic heterocycles. The molecule has 0 spiro atoms. The molecule has 1 saturated heterocycles. The van der Waals surface area contributed by atoms with Crippen molar-refractivity contribution in [3.05, 3.63) is 75.4 Å². The van der Waals surface area contributed by atoms with E-state index in [1.165, 1.54) is 0 Å². The van der Waals surface area contributed by atoms with Crippen LogP contribution in [0.5, 0.6) is 5.75 Å². The molecule has 8 nitrogen and oxygen atoms in total. The number of likely N-dealkylation sites (tertiary alicyclic amines) is 1. The number of benzene rings is 1. The van der Waals surface area contributed by atoms with Crippen molar-refractivity contribution in [1.82, 2.24) is 19.4 Å². The highest BCUT2D eigenvalue weighted by Gasteiger charge is 2.27. The maximum Gasteiger partial charge on any atom is 0.410 e. The molecule has 0 aliphatic carbocycles. The third kappa shape index (κ3) is 7.16. The van der Waals surface area contributed by atoms with E-state index in [0.717, 1.165) is 28.4 Å². The SMILES string of the molecule is CC(C)(C)OC(=O)N1CCC(COc2cnc(-c3cccc(Cn4cc(Br)ccc4=O)c3)nc2)CC1. The lowest BCUT2D eigenvalue weighted by molar-refractivity contribution is 0.0165. The Labute approximate surface area is 219 Å². The summed E-state index contributed by atoms with van der Waals surface area (Å²) >= 11 is 3.41. The van der Waals surface area contributed by atoms with Crippen LogP contribution in [0, 0.1) is 5.92 Å². The van der Waals surface area contributed by atoms with Crippen LogP contribution in [0.1, 0.15) is 39.2 Å². The number of carbonyl (C=O) groups excluding carboxylic acids is 1. The van der Waals surface area contributed by atoms with E-state index in [2.05, 4.69) is 25.9 Å². The van der Waals surface area contributed by atoms with Crippen molar-refractivity contribution in [2.75, 3.05) is 19.7 Å². The molecule has 3 heterocycles. The molecule has 4 rings (SSSR count). The van der Waals surface area contributed by atoms with Crippen LogP contribution in [0.25, 0.3) is 11.4 Å². The molecule has 0 unspecified atom stereocenters. The summed E-state index contributed by atoms with van der Waals surface area (Å²) in [4.78, 5) is 35.1. The molecule has 1 amide bonds. The van der Waals surface area contributed by atoms with Crippen molar-refractivity contribution in [3.8, 4) is 17.1 Å². The van der Waals surface area contributed by atoms with Gasteiger partial charge in [-0.3, -0.25) is 4.79 Å². The van der Waals surface area contributed by atoms with Crippen LogP contribution < -0.4 is 10.3 Å². The van der Waals surface area contributed by atoms with Gasteiger partial charge >= 0.3 is 6.09 Å². The van der Waals surface area contributed by atoms with E-state index in [4.69, 9.17) is 9.47 Å². The van der Waals surface area contributed by atoms with Crippen molar-refractivity contribution in [2.24, 2.45) is 5.92 Å². The zero-order valence-electron chi connectivity index (χ0n) is 20.8. The first kappa shape index (κ1) is 25.9. The molecule has 1 fully saturated rings. The smallest absolute Gasteiger partial charge is 0.410 e. The minimum atomic E-state index is -0.483. The molecule has 1 aliphatic rings. The number of nitrogens with zero attached hydrogens (tertiary/aromatic N) is 4. The van der Waals surface area contributed by atoms with Crippen LogP contribution in [0.15, 0.2) is 64.3 Å². The lowest BCUT2D eigenvalue weighted by Crippen LogP contribution is -2.42. The van der Waals surface area contributed by atoms with Crippen LogP contribution in [0.2, 0.25) is 0 Å². The van der Waals surface area contributed by atoms with Crippen LogP contribution in [-0.4, -0.2) is 50.8 Å². The summed E-state index contributed by atoms with van der Waals surface area (Å²) in [6, 6.07) is 11.1. The Bertz CT molecular complexity index is 1250. The molecular formula is C27H31BrN4O4. The zero-order valence-corrected chi connectivity index (χ0v) is 22.4. The summed E-state index contributed by atoms with van der Waals surface area (Å²) in [6.45, 7) is 7.98. The van der Waals surface area contributed by atoms with Gasteiger partial charge in [-0.25, -0.2) is 14.8 Å². The average molecular weight is 555 g/mol. The molecule has 0 N–H and O–H groups in total. The van der Waals surface area contributed by atoms with E-state index < -0.39 is 5.60 Å². The van der Waals surface area contributed by atoms with Crippen LogP contribution in [0.3, 0.4) is 0 Å². The Hall–Kier alpha value is -3.20. The van der Waals surface area contributed by atoms with Crippen molar-refractivity contribution >= 4 is 22.0 Å². The van der Waals surface area contributed by atoms with Gasteiger partial charge in [-0.15, -0.1) is 0 Å². The van der Waals surface area contributed by atoms with Crippen LogP contribution >= 0.6 is 15.9 Å². The molecular weight excluding hydrogens is 524 g/mol. The number of aromatic nitrogens is 3. The Kier molecular flexibility index (Phi) is 8.08. The number of ether oxygens (including phenoxy) is 2. The summed E-state index contributed by atoms with van der Waals surface area (Å²) < 4.78 is 13.9. The van der Waals surface area contributed by atoms with Gasteiger partial charge in [0.05, 0.1) is 25.5 Å². The molecule has 3 aromatic rings. The minimum absolute atomic E-state index is 0.0585. The lowest BCUT2D eigenvalue weighted by atomic mass is 9.98. The van der Waals surface area contributed by atoms with E-state index in [9.17, 15) is 9.59 Å². The van der Waals surface area contributed by atoms with E-state index in [0.29, 0.717) is 43.7 Å². The van der Waals surface area contributed by atoms with Crippen LogP contribution in [-0.2, 0) is 11.3 Å². The Morgan fingerprint density at radius 3 is 2.53 bits per heavy atom. The summed E-state index contributed by atoms with van der Waals surface area (Å²) in [7, 11) is 0. The van der Waals surface area contributed by atoms with Crippen molar-refractivity contribution in [2.45, 2.75) is 45.8 Å². The fourth-order valence-corrected chi connectivity index (χ4v) is 4.37. The van der Waals surface area contributed by atoms with Gasteiger partial charge in [-0.2, -0.15) is 0 Å². The molecule has 190 valence electrons. The Morgan fingerprint density at radius 1 is 1.11 bits per heavy atom. The highest BCUT2D eigenvalue weighted by Crippen LogP contribution is 2.22. The van der Waals surface area contributed by atoms with E-state index >= 15 is 0 Å². The third-order valence-electron chi connectivity index (χ3n) is 5.87. The van der Waals surface area contributed by atoms with Gasteiger partial charge in [-0.05, 0) is 73.2 Å². The molecule has 0 saturated carbocycles. The number of rotatable bonds is 6. The Balaban J connectivity index is 1.30. The normalized spacial score (nSPS) is 14.5. The monoisotopic (exact) mass is 554 g/mol. The summed E-state index contributed by atoms with van der Waals surface area (Å²) in [5, 5.41) is 0. The minimum Gasteiger partial charge on any atom is -0.490 e. The summed E-state index contributed by atoms with van der Waals surface area (Å²) in [6.07, 6.45) is 6.63. The molecule has 9 heteroatoms. The molecule has 0 atom stereocenters. The molecule has 0 bridgehead atoms. The number of hydrogen-bond donors (Lipinski definition) is 0. The maximum absolute atomic E-state index is 12.2. The summed E-state index contributed by atoms with van der Waals surface area (Å²) in [5.41, 5.74) is 1.31. The second-order valence-electron chi connectivity index (χ2n) is 9.98. The largest absolute Gasteiger partial charge is 0.490 e. The van der Waals surface area contributed by atoms with E-state index in [1.807, 2.05) is 45.0 Å². The van der Waals surface area contributed by atoms with Gasteiger partial charge in [-0.1, -0.05) is 18.2 Å². The third-order valence-corrected chi connectivity index (χ3v) is 6.33. The second kappa shape index (κ2) is 11.2. The standard InChI is InChI=1S/C27H31BrN4O4/c1-27(2,3)36-26(34)31-11-9-19(10-12-31)18-35-23-14-29-25(30-15-23)21-6-4-5-20(13-21)16-32-17-22(28)7-8-24(32)33/h4-8,13-15,17,19H,9-12,16,18H2,1-3H3. The van der Waals surface area contributed by atoms with E-state index in [-0.39, 0.29) is 11.7 Å². The number of carbonyl (C=O) groups is 1. The van der Waals surface area contributed by atoms with Gasteiger partial charge in [0.25, 0.3) is 5.56 Å². The van der Waals surface area contributed by atoms with Gasteiger partial charge in [0.2, 0.25) is 0 Å². The number of halogens is 1. The quantitative estimate of drug-likeness (QED) is 0.419. The molecule has 36 heavy (non-hydrogen) atoms. The fourth-order valence-electron chi connectivity index (χ4n) is 3.99. The number of piperidine rings is 1. The first-order valence-electron chi connectivity index (χ1n) is 12.0. The summed E-state index contributed by atoms with van der Waals surface area (Å²) in [5.74, 6) is 1.57. The number of amides is 1. The lowest BCUT2D eigenvalue weighted by Gasteiger charge is -2.33. The van der Waals surface area contributed by atoms with Crippen molar-refractivity contribution in [1.29, 1.82) is 0 Å². The molecule has 0 radical (unpaired) electrons. The van der Waals surface area contributed by atoms with Gasteiger partial charge in [0.1, 0.15) is 5.60 Å². The predicted octanol–water partition coefficient (Wildman–Crippen LogP) is 5.14. The molecule has 1 aromatic carbocycles. The maximum atomic E-state index is 12.2. The highest BCUT2D eigenvalue weighted by atomic mass is 79.9. The van der Waals surface area contributed by atoms with Gasteiger partial charge < -0.3 is 18.9 Å². The van der Waals surface area contributed by atoms with Gasteiger partial charge in [0, 0.05) is 35.4 Å². The number of pyridine rings is 1. The first-order valence-corrected chi connectivity index (χ1v) is 12.8. The van der Waals surface area contributed by atoms with Crippen molar-refractivity contribution < 1.29 is 14.3 Å². The topological polar surface area (TPSA) is 86.5 Å². The van der Waals surface area contributed by atoms with Crippen molar-refractivity contribution in [3.63, 3.8) is 0 Å². The Morgan fingerprint density at radius 2 is 1.83 bits per heavy atom.